The molecule has 1 unspecified atom stereocenters. The smallest absolute Gasteiger partial charge is 0.236 e. The summed E-state index contributed by atoms with van der Waals surface area (Å²) in [6.45, 7) is 3.02. The first-order chi connectivity index (χ1) is 12.0. The number of amides is 1. The lowest BCUT2D eigenvalue weighted by Gasteiger charge is -2.36. The highest BCUT2D eigenvalue weighted by molar-refractivity contribution is 7.91. The van der Waals surface area contributed by atoms with Crippen LogP contribution in [0.25, 0.3) is 0 Å². The molecule has 2 saturated heterocycles. The molecule has 2 fully saturated rings. The van der Waals surface area contributed by atoms with Crippen LogP contribution in [0.4, 0.5) is 5.69 Å². The molecule has 1 amide bonds. The van der Waals surface area contributed by atoms with Crippen LogP contribution in [0.1, 0.15) is 6.42 Å². The summed E-state index contributed by atoms with van der Waals surface area (Å²) in [5.74, 6) is 1.23. The van der Waals surface area contributed by atoms with Gasteiger partial charge in [-0.1, -0.05) is 12.1 Å². The summed E-state index contributed by atoms with van der Waals surface area (Å²) >= 11 is 0. The monoisotopic (exact) mass is 367 g/mol. The van der Waals surface area contributed by atoms with Crippen molar-refractivity contribution in [3.05, 3.63) is 24.3 Å². The van der Waals surface area contributed by atoms with Gasteiger partial charge in [-0.25, -0.2) is 8.42 Å². The van der Waals surface area contributed by atoms with Gasteiger partial charge in [0.15, 0.2) is 9.84 Å². The van der Waals surface area contributed by atoms with Gasteiger partial charge in [0.2, 0.25) is 5.91 Å². The van der Waals surface area contributed by atoms with Crippen LogP contribution in [-0.2, 0) is 14.6 Å². The average molecular weight is 367 g/mol. The van der Waals surface area contributed by atoms with E-state index >= 15 is 0 Å². The molecule has 0 aliphatic carbocycles. The van der Waals surface area contributed by atoms with Crippen molar-refractivity contribution in [2.24, 2.45) is 0 Å². The molecule has 2 aliphatic heterocycles. The van der Waals surface area contributed by atoms with Gasteiger partial charge in [0, 0.05) is 32.2 Å². The van der Waals surface area contributed by atoms with E-state index in [-0.39, 0.29) is 30.0 Å². The third kappa shape index (κ3) is 4.43. The minimum atomic E-state index is -2.92. The molecule has 1 N–H and O–H groups in total. The summed E-state index contributed by atoms with van der Waals surface area (Å²) in [5, 5.41) is 3.09. The fourth-order valence-corrected chi connectivity index (χ4v) is 5.10. The van der Waals surface area contributed by atoms with Crippen LogP contribution in [0.15, 0.2) is 24.3 Å². The molecule has 0 radical (unpaired) electrons. The zero-order valence-electron chi connectivity index (χ0n) is 14.5. The number of ether oxygens (including phenoxy) is 1. The lowest BCUT2D eigenvalue weighted by atomic mass is 10.2. The van der Waals surface area contributed by atoms with Crippen molar-refractivity contribution in [3.63, 3.8) is 0 Å². The van der Waals surface area contributed by atoms with Gasteiger partial charge in [-0.15, -0.1) is 0 Å². The lowest BCUT2D eigenvalue weighted by molar-refractivity contribution is -0.130. The van der Waals surface area contributed by atoms with Crippen molar-refractivity contribution in [2.45, 2.75) is 12.5 Å². The molecule has 0 saturated carbocycles. The van der Waals surface area contributed by atoms with E-state index in [4.69, 9.17) is 4.74 Å². The number of hydrogen-bond acceptors (Lipinski definition) is 6. The van der Waals surface area contributed by atoms with Gasteiger partial charge in [-0.3, -0.25) is 4.79 Å². The minimum absolute atomic E-state index is 0.0315. The van der Waals surface area contributed by atoms with Crippen molar-refractivity contribution in [3.8, 4) is 5.75 Å². The molecule has 2 aliphatic rings. The van der Waals surface area contributed by atoms with Crippen LogP contribution in [0.3, 0.4) is 0 Å². The highest BCUT2D eigenvalue weighted by Crippen LogP contribution is 2.28. The van der Waals surface area contributed by atoms with Crippen molar-refractivity contribution in [1.82, 2.24) is 10.2 Å². The minimum Gasteiger partial charge on any atom is -0.495 e. The second-order valence-corrected chi connectivity index (χ2v) is 8.75. The number of nitrogens with zero attached hydrogens (tertiary/aromatic N) is 2. The Kier molecular flexibility index (Phi) is 5.48. The molecule has 2 heterocycles. The Morgan fingerprint density at radius 2 is 1.96 bits per heavy atom. The van der Waals surface area contributed by atoms with Crippen LogP contribution >= 0.6 is 0 Å². The molecule has 3 rings (SSSR count). The molecular formula is C17H25N3O4S. The first-order valence-corrected chi connectivity index (χ1v) is 10.4. The normalized spacial score (nSPS) is 22.8. The number of anilines is 1. The number of sulfone groups is 1. The highest BCUT2D eigenvalue weighted by Gasteiger charge is 2.29. The van der Waals surface area contributed by atoms with Crippen LogP contribution in [0.2, 0.25) is 0 Å². The second kappa shape index (κ2) is 7.61. The number of carbonyl (C=O) groups is 1. The molecule has 8 heteroatoms. The summed E-state index contributed by atoms with van der Waals surface area (Å²) in [7, 11) is -1.26. The topological polar surface area (TPSA) is 79.0 Å². The van der Waals surface area contributed by atoms with Gasteiger partial charge in [0.1, 0.15) is 5.75 Å². The van der Waals surface area contributed by atoms with Crippen LogP contribution in [0, 0.1) is 0 Å². The SMILES string of the molecule is COc1ccccc1N1CCN(C(=O)CNC2CCS(=O)(=O)C2)CC1. The van der Waals surface area contributed by atoms with E-state index in [0.29, 0.717) is 19.5 Å². The van der Waals surface area contributed by atoms with Gasteiger partial charge in [-0.05, 0) is 18.6 Å². The molecule has 0 bridgehead atoms. The lowest BCUT2D eigenvalue weighted by Crippen LogP contribution is -2.51. The summed E-state index contributed by atoms with van der Waals surface area (Å²) in [4.78, 5) is 16.4. The molecule has 7 nitrogen and oxygen atoms in total. The largest absolute Gasteiger partial charge is 0.495 e. The predicted molar refractivity (Wildman–Crippen MR) is 96.8 cm³/mol. The van der Waals surface area contributed by atoms with Crippen molar-refractivity contribution in [1.29, 1.82) is 0 Å². The molecular weight excluding hydrogens is 342 g/mol. The summed E-state index contributed by atoms with van der Waals surface area (Å²) in [6.07, 6.45) is 0.594. The van der Waals surface area contributed by atoms with Gasteiger partial charge in [0.05, 0.1) is 30.8 Å². The van der Waals surface area contributed by atoms with Gasteiger partial charge in [0.25, 0.3) is 0 Å². The van der Waals surface area contributed by atoms with E-state index in [1.807, 2.05) is 29.2 Å². The standard InChI is InChI=1S/C17H25N3O4S/c1-24-16-5-3-2-4-15(16)19-7-9-20(10-8-19)17(21)12-18-14-6-11-25(22,23)13-14/h2-5,14,18H,6-13H2,1H3. The van der Waals surface area contributed by atoms with Gasteiger partial charge in [-0.2, -0.15) is 0 Å². The van der Waals surface area contributed by atoms with E-state index in [9.17, 15) is 13.2 Å². The van der Waals surface area contributed by atoms with Crippen molar-refractivity contribution < 1.29 is 17.9 Å². The number of carbonyl (C=O) groups excluding carboxylic acids is 1. The number of rotatable bonds is 5. The quantitative estimate of drug-likeness (QED) is 0.796. The van der Waals surface area contributed by atoms with Crippen molar-refractivity contribution in [2.75, 3.05) is 56.2 Å². The third-order valence-electron chi connectivity index (χ3n) is 4.83. The Balaban J connectivity index is 1.48. The van der Waals surface area contributed by atoms with E-state index in [1.54, 1.807) is 7.11 Å². The number of piperazine rings is 1. The molecule has 138 valence electrons. The maximum Gasteiger partial charge on any atom is 0.236 e. The van der Waals surface area contributed by atoms with Crippen LogP contribution in [-0.4, -0.2) is 76.6 Å². The molecule has 25 heavy (non-hydrogen) atoms. The fourth-order valence-electron chi connectivity index (χ4n) is 3.39. The second-order valence-electron chi connectivity index (χ2n) is 6.52. The first kappa shape index (κ1) is 18.0. The Hall–Kier alpha value is -1.80. The van der Waals surface area contributed by atoms with Gasteiger partial charge < -0.3 is 19.9 Å². The molecule has 1 aromatic carbocycles. The fraction of sp³-hybridized carbons (Fsp3) is 0.588. The Morgan fingerprint density at radius 1 is 1.24 bits per heavy atom. The first-order valence-electron chi connectivity index (χ1n) is 8.58. The maximum absolute atomic E-state index is 12.4. The van der Waals surface area contributed by atoms with E-state index in [2.05, 4.69) is 10.2 Å². The number of methoxy groups -OCH3 is 1. The molecule has 1 atom stereocenters. The van der Waals surface area contributed by atoms with Gasteiger partial charge >= 0.3 is 0 Å². The average Bonchev–Trinajstić information content (AvgIpc) is 2.98. The Morgan fingerprint density at radius 3 is 2.60 bits per heavy atom. The zero-order valence-corrected chi connectivity index (χ0v) is 15.3. The van der Waals surface area contributed by atoms with E-state index in [0.717, 1.165) is 24.5 Å². The summed E-state index contributed by atoms with van der Waals surface area (Å²) < 4.78 is 28.3. The molecule has 0 spiro atoms. The predicted octanol–water partition coefficient (Wildman–Crippen LogP) is 0.121. The number of hydrogen-bond donors (Lipinski definition) is 1. The summed E-state index contributed by atoms with van der Waals surface area (Å²) in [6, 6.07) is 7.79. The third-order valence-corrected chi connectivity index (χ3v) is 6.60. The number of para-hydroxylation sites is 2. The van der Waals surface area contributed by atoms with Crippen LogP contribution < -0.4 is 15.0 Å². The maximum atomic E-state index is 12.4. The van der Waals surface area contributed by atoms with E-state index in [1.165, 1.54) is 0 Å². The van der Waals surface area contributed by atoms with Crippen molar-refractivity contribution >= 4 is 21.4 Å². The van der Waals surface area contributed by atoms with Crippen LogP contribution in [0.5, 0.6) is 5.75 Å². The Bertz CT molecular complexity index is 714. The van der Waals surface area contributed by atoms with E-state index < -0.39 is 9.84 Å². The highest BCUT2D eigenvalue weighted by atomic mass is 32.2. The zero-order chi connectivity index (χ0) is 17.9. The molecule has 1 aromatic rings. The number of benzene rings is 1. The Labute approximate surface area is 148 Å². The number of nitrogens with one attached hydrogen (secondary N) is 1. The summed E-state index contributed by atoms with van der Waals surface area (Å²) in [5.41, 5.74) is 1.05. The molecule has 0 aromatic heterocycles.